The number of hydrogen-bond donors (Lipinski definition) is 0. The van der Waals surface area contributed by atoms with E-state index in [1.807, 2.05) is 0 Å². The smallest absolute Gasteiger partial charge is 0.306 e. The summed E-state index contributed by atoms with van der Waals surface area (Å²) in [5.74, 6) is -0.853. The van der Waals surface area contributed by atoms with Crippen molar-refractivity contribution in [3.63, 3.8) is 0 Å². The average Bonchev–Trinajstić information content (AvgIpc) is 3.38. The molecule has 0 saturated carbocycles. The van der Waals surface area contributed by atoms with Gasteiger partial charge in [-0.25, -0.2) is 0 Å². The first-order valence-corrected chi connectivity index (χ1v) is 32.7. The molecule has 0 radical (unpaired) electrons. The number of ether oxygens (including phenoxy) is 3. The molecule has 0 amide bonds. The lowest BCUT2D eigenvalue weighted by Crippen LogP contribution is -2.30. The SMILES string of the molecule is CCCCC/C=C\CCCCCCCC(=O)OC(COC(=O)CCCCCCCCCCCCC)COC(=O)CCCCCCCCCCCCCCCCCCCCCCCCCCCCCCCCC. The molecule has 0 spiro atoms. The van der Waals surface area contributed by atoms with E-state index in [0.717, 1.165) is 64.2 Å². The average molecular weight is 1020 g/mol. The molecule has 6 nitrogen and oxygen atoms in total. The van der Waals surface area contributed by atoms with Crippen LogP contribution in [0.25, 0.3) is 0 Å². The van der Waals surface area contributed by atoms with Crippen LogP contribution in [-0.4, -0.2) is 37.2 Å². The zero-order valence-electron chi connectivity index (χ0n) is 49.0. The Morgan fingerprint density at radius 2 is 0.458 bits per heavy atom. The van der Waals surface area contributed by atoms with Crippen molar-refractivity contribution in [3.05, 3.63) is 12.2 Å². The number of esters is 3. The topological polar surface area (TPSA) is 78.9 Å². The van der Waals surface area contributed by atoms with Crippen LogP contribution in [0, 0.1) is 0 Å². The molecule has 0 aromatic rings. The fourth-order valence-electron chi connectivity index (χ4n) is 10.1. The first kappa shape index (κ1) is 70.1. The Kier molecular flexibility index (Phi) is 60.1. The van der Waals surface area contributed by atoms with Gasteiger partial charge in [-0.15, -0.1) is 0 Å². The van der Waals surface area contributed by atoms with Crippen LogP contribution in [0.4, 0.5) is 0 Å². The number of hydrogen-bond acceptors (Lipinski definition) is 6. The van der Waals surface area contributed by atoms with Gasteiger partial charge in [0.05, 0.1) is 0 Å². The Labute approximate surface area is 450 Å². The highest BCUT2D eigenvalue weighted by Crippen LogP contribution is 2.18. The maximum Gasteiger partial charge on any atom is 0.306 e. The molecule has 1 atom stereocenters. The van der Waals surface area contributed by atoms with Crippen molar-refractivity contribution in [2.75, 3.05) is 13.2 Å². The van der Waals surface area contributed by atoms with Gasteiger partial charge in [0.15, 0.2) is 6.10 Å². The minimum Gasteiger partial charge on any atom is -0.462 e. The van der Waals surface area contributed by atoms with E-state index in [-0.39, 0.29) is 31.1 Å². The lowest BCUT2D eigenvalue weighted by Gasteiger charge is -2.18. The molecule has 0 heterocycles. The second-order valence-electron chi connectivity index (χ2n) is 22.4. The lowest BCUT2D eigenvalue weighted by molar-refractivity contribution is -0.167. The summed E-state index contributed by atoms with van der Waals surface area (Å²) in [4.78, 5) is 38.1. The van der Waals surface area contributed by atoms with Gasteiger partial charge in [-0.2, -0.15) is 0 Å². The van der Waals surface area contributed by atoms with Gasteiger partial charge >= 0.3 is 17.9 Å². The standard InChI is InChI=1S/C66H126O6/c1-4-7-10-13-16-19-22-24-25-26-27-28-29-30-31-32-33-34-35-36-37-38-39-40-41-42-45-47-50-53-56-59-65(68)71-62-63(61-70-64(67)58-55-52-49-46-43-21-18-15-12-9-6-3)72-66(69)60-57-54-51-48-44-23-20-17-14-11-8-5-2/h17,20,63H,4-16,18-19,21-62H2,1-3H3/b20-17-. The third-order valence-corrected chi connectivity index (χ3v) is 15.0. The first-order valence-electron chi connectivity index (χ1n) is 32.7. The molecule has 0 bridgehead atoms. The summed E-state index contributed by atoms with van der Waals surface area (Å²) < 4.78 is 16.9. The van der Waals surface area contributed by atoms with Crippen LogP contribution in [-0.2, 0) is 28.6 Å². The Hall–Kier alpha value is -1.85. The van der Waals surface area contributed by atoms with E-state index >= 15 is 0 Å². The molecule has 426 valence electrons. The van der Waals surface area contributed by atoms with Crippen LogP contribution in [0.1, 0.15) is 374 Å². The van der Waals surface area contributed by atoms with Crippen molar-refractivity contribution in [3.8, 4) is 0 Å². The molecule has 72 heavy (non-hydrogen) atoms. The van der Waals surface area contributed by atoms with Gasteiger partial charge in [0.2, 0.25) is 0 Å². The number of carbonyl (C=O) groups is 3. The van der Waals surface area contributed by atoms with E-state index in [9.17, 15) is 14.4 Å². The van der Waals surface area contributed by atoms with Crippen molar-refractivity contribution in [1.29, 1.82) is 0 Å². The van der Waals surface area contributed by atoms with E-state index in [4.69, 9.17) is 14.2 Å². The van der Waals surface area contributed by atoms with Crippen LogP contribution in [0.15, 0.2) is 12.2 Å². The third kappa shape index (κ3) is 59.0. The zero-order valence-corrected chi connectivity index (χ0v) is 49.0. The Bertz CT molecular complexity index is 1120. The molecule has 0 fully saturated rings. The second-order valence-corrected chi connectivity index (χ2v) is 22.4. The fraction of sp³-hybridized carbons (Fsp3) is 0.924. The zero-order chi connectivity index (χ0) is 52.2. The summed E-state index contributed by atoms with van der Waals surface area (Å²) in [6.07, 6.45) is 72.6. The predicted molar refractivity (Wildman–Crippen MR) is 312 cm³/mol. The van der Waals surface area contributed by atoms with Crippen LogP contribution in [0.3, 0.4) is 0 Å². The quantitative estimate of drug-likeness (QED) is 0.0261. The van der Waals surface area contributed by atoms with E-state index in [1.165, 1.54) is 270 Å². The third-order valence-electron chi connectivity index (χ3n) is 15.0. The summed E-state index contributed by atoms with van der Waals surface area (Å²) in [6, 6.07) is 0. The highest BCUT2D eigenvalue weighted by Gasteiger charge is 2.19. The van der Waals surface area contributed by atoms with Crippen molar-refractivity contribution < 1.29 is 28.6 Å². The molecule has 0 aliphatic rings. The van der Waals surface area contributed by atoms with Gasteiger partial charge in [-0.1, -0.05) is 322 Å². The Balaban J connectivity index is 4.00. The summed E-state index contributed by atoms with van der Waals surface area (Å²) in [6.45, 7) is 6.66. The summed E-state index contributed by atoms with van der Waals surface area (Å²) >= 11 is 0. The van der Waals surface area contributed by atoms with Gasteiger partial charge in [0.25, 0.3) is 0 Å². The Morgan fingerprint density at radius 1 is 0.264 bits per heavy atom. The van der Waals surface area contributed by atoms with Gasteiger partial charge < -0.3 is 14.2 Å². The van der Waals surface area contributed by atoms with Gasteiger partial charge in [0.1, 0.15) is 13.2 Å². The molecular formula is C66H126O6. The second kappa shape index (κ2) is 61.7. The van der Waals surface area contributed by atoms with E-state index < -0.39 is 6.10 Å². The first-order chi connectivity index (χ1) is 35.5. The van der Waals surface area contributed by atoms with Crippen LogP contribution >= 0.6 is 0 Å². The largest absolute Gasteiger partial charge is 0.462 e. The lowest BCUT2D eigenvalue weighted by atomic mass is 10.0. The van der Waals surface area contributed by atoms with Gasteiger partial charge in [0, 0.05) is 19.3 Å². The van der Waals surface area contributed by atoms with Crippen molar-refractivity contribution in [2.45, 2.75) is 380 Å². The molecule has 0 aromatic heterocycles. The normalized spacial score (nSPS) is 12.0. The van der Waals surface area contributed by atoms with Crippen molar-refractivity contribution >= 4 is 17.9 Å². The van der Waals surface area contributed by atoms with Gasteiger partial charge in [-0.05, 0) is 44.9 Å². The van der Waals surface area contributed by atoms with Crippen molar-refractivity contribution in [1.82, 2.24) is 0 Å². The summed E-state index contributed by atoms with van der Waals surface area (Å²) in [5.41, 5.74) is 0. The van der Waals surface area contributed by atoms with Crippen molar-refractivity contribution in [2.24, 2.45) is 0 Å². The molecule has 1 unspecified atom stereocenters. The van der Waals surface area contributed by atoms with Crippen LogP contribution in [0.5, 0.6) is 0 Å². The highest BCUT2D eigenvalue weighted by atomic mass is 16.6. The maximum absolute atomic E-state index is 12.8. The highest BCUT2D eigenvalue weighted by molar-refractivity contribution is 5.71. The molecule has 0 aliphatic heterocycles. The monoisotopic (exact) mass is 1010 g/mol. The van der Waals surface area contributed by atoms with Crippen LogP contribution < -0.4 is 0 Å². The number of carbonyl (C=O) groups excluding carboxylic acids is 3. The molecule has 0 aromatic carbocycles. The molecule has 0 rings (SSSR count). The molecule has 0 aliphatic carbocycles. The van der Waals surface area contributed by atoms with E-state index in [1.54, 1.807) is 0 Å². The molecular weight excluding hydrogens is 889 g/mol. The minimum absolute atomic E-state index is 0.0676. The van der Waals surface area contributed by atoms with Crippen LogP contribution in [0.2, 0.25) is 0 Å². The predicted octanol–water partition coefficient (Wildman–Crippen LogP) is 22.1. The minimum atomic E-state index is -0.768. The number of rotatable bonds is 61. The fourth-order valence-corrected chi connectivity index (χ4v) is 10.1. The molecule has 0 N–H and O–H groups in total. The van der Waals surface area contributed by atoms with Gasteiger partial charge in [-0.3, -0.25) is 14.4 Å². The Morgan fingerprint density at radius 3 is 0.722 bits per heavy atom. The summed E-state index contributed by atoms with van der Waals surface area (Å²) in [7, 11) is 0. The van der Waals surface area contributed by atoms with E-state index in [2.05, 4.69) is 32.9 Å². The molecule has 0 saturated heterocycles. The molecule has 6 heteroatoms. The number of allylic oxidation sites excluding steroid dienone is 2. The maximum atomic E-state index is 12.8. The summed E-state index contributed by atoms with van der Waals surface area (Å²) in [5, 5.41) is 0. The van der Waals surface area contributed by atoms with E-state index in [0.29, 0.717) is 19.3 Å². The number of unbranched alkanes of at least 4 members (excludes halogenated alkanes) is 48.